The molecule has 0 aliphatic carbocycles. The molecule has 1 aromatic heterocycles. The third-order valence-corrected chi connectivity index (χ3v) is 5.52. The van der Waals surface area contributed by atoms with Crippen molar-refractivity contribution in [3.63, 3.8) is 0 Å². The number of aromatic hydroxyl groups is 1. The number of hydrogen-bond acceptors (Lipinski definition) is 4. The highest BCUT2D eigenvalue weighted by atomic mass is 31.2. The Morgan fingerprint density at radius 3 is 1.66 bits per heavy atom. The highest BCUT2D eigenvalue weighted by Gasteiger charge is 2.34. The number of nitrogens with one attached hydrogen (secondary N) is 1. The quantitative estimate of drug-likeness (QED) is 0.525. The molecule has 0 bridgehead atoms. The summed E-state index contributed by atoms with van der Waals surface area (Å²) in [6, 6.07) is 9.13. The molecule has 162 valence electrons. The number of nitrogens with zero attached hydrogens (tertiary/aromatic N) is 1. The van der Waals surface area contributed by atoms with E-state index in [0.717, 1.165) is 0 Å². The third kappa shape index (κ3) is 7.56. The molecule has 0 aliphatic rings. The minimum Gasteiger partial charge on any atom is -0.507 e. The van der Waals surface area contributed by atoms with Gasteiger partial charge in [0.25, 0.3) is 0 Å². The second-order valence-corrected chi connectivity index (χ2v) is 10.7. The molecule has 29 heavy (non-hydrogen) atoms. The maximum absolute atomic E-state index is 11.9. The van der Waals surface area contributed by atoms with Crippen molar-refractivity contribution in [2.45, 2.75) is 65.1 Å². The molecule has 1 unspecified atom stereocenters. The van der Waals surface area contributed by atoms with Crippen LogP contribution in [0.3, 0.4) is 0 Å². The van der Waals surface area contributed by atoms with Crippen LogP contribution in [0.15, 0.2) is 42.7 Å². The molecule has 2 rings (SSSR count). The summed E-state index contributed by atoms with van der Waals surface area (Å²) in [5, 5.41) is 13.6. The van der Waals surface area contributed by atoms with Crippen molar-refractivity contribution in [1.29, 1.82) is 0 Å². The maximum Gasteiger partial charge on any atom is 0.346 e. The maximum atomic E-state index is 11.9. The van der Waals surface area contributed by atoms with Gasteiger partial charge in [0.05, 0.1) is 0 Å². The van der Waals surface area contributed by atoms with Crippen LogP contribution in [-0.2, 0) is 15.4 Å². The standard InChI is InChI=1S/C17H30NO4P.C5H5N/c1-8-18-15(23(20,21)22)11-9-12(16(2,3)4)14(19)13(10-11)17(5,6)7;1-2-4-6-5-3-1/h9-10,15,18-19H,8H2,1-7H3,(H2,20,21,22);1-5H. The summed E-state index contributed by atoms with van der Waals surface area (Å²) in [6.07, 6.45) is 3.50. The number of rotatable bonds is 4. The second kappa shape index (κ2) is 9.86. The van der Waals surface area contributed by atoms with Crippen molar-refractivity contribution in [1.82, 2.24) is 10.3 Å². The van der Waals surface area contributed by atoms with Crippen LogP contribution in [-0.4, -0.2) is 26.4 Å². The number of phenols is 1. The lowest BCUT2D eigenvalue weighted by atomic mass is 9.78. The summed E-state index contributed by atoms with van der Waals surface area (Å²) in [6.45, 7) is 14.1. The summed E-state index contributed by atoms with van der Waals surface area (Å²) in [7, 11) is -4.37. The first-order chi connectivity index (χ1) is 13.2. The molecule has 6 nitrogen and oxygen atoms in total. The van der Waals surface area contributed by atoms with Gasteiger partial charge in [-0.3, -0.25) is 9.55 Å². The Kier molecular flexibility index (Phi) is 8.60. The lowest BCUT2D eigenvalue weighted by Gasteiger charge is -2.30. The molecular weight excluding hydrogens is 387 g/mol. The molecule has 1 atom stereocenters. The third-order valence-electron chi connectivity index (χ3n) is 4.36. The van der Waals surface area contributed by atoms with E-state index >= 15 is 0 Å². The first-order valence-electron chi connectivity index (χ1n) is 9.71. The largest absolute Gasteiger partial charge is 0.507 e. The zero-order valence-electron chi connectivity index (χ0n) is 18.5. The Morgan fingerprint density at radius 1 is 0.966 bits per heavy atom. The van der Waals surface area contributed by atoms with E-state index in [1.54, 1.807) is 31.5 Å². The van der Waals surface area contributed by atoms with Crippen LogP contribution < -0.4 is 5.32 Å². The van der Waals surface area contributed by atoms with E-state index in [0.29, 0.717) is 23.2 Å². The molecular formula is C22H35N2O4P. The van der Waals surface area contributed by atoms with E-state index in [1.165, 1.54) is 0 Å². The molecule has 1 heterocycles. The van der Waals surface area contributed by atoms with Gasteiger partial charge in [0.15, 0.2) is 0 Å². The van der Waals surface area contributed by atoms with E-state index < -0.39 is 13.4 Å². The van der Waals surface area contributed by atoms with Gasteiger partial charge < -0.3 is 20.2 Å². The van der Waals surface area contributed by atoms with Crippen molar-refractivity contribution in [2.24, 2.45) is 0 Å². The van der Waals surface area contributed by atoms with E-state index in [9.17, 15) is 19.5 Å². The van der Waals surface area contributed by atoms with E-state index in [-0.39, 0.29) is 16.6 Å². The SMILES string of the molecule is CCNC(c1cc(C(C)(C)C)c(O)c(C(C)(C)C)c1)P(=O)(O)O.c1ccncc1. The van der Waals surface area contributed by atoms with Crippen LogP contribution in [0.25, 0.3) is 0 Å². The Balaban J connectivity index is 0.000000594. The molecule has 0 amide bonds. The predicted octanol–water partition coefficient (Wildman–Crippen LogP) is 4.85. The Morgan fingerprint density at radius 2 is 1.41 bits per heavy atom. The lowest BCUT2D eigenvalue weighted by Crippen LogP contribution is -2.24. The molecule has 0 saturated carbocycles. The molecule has 0 aliphatic heterocycles. The summed E-state index contributed by atoms with van der Waals surface area (Å²) >= 11 is 0. The van der Waals surface area contributed by atoms with Crippen molar-refractivity contribution >= 4 is 7.60 Å². The Bertz CT molecular complexity index is 759. The van der Waals surface area contributed by atoms with Gasteiger partial charge in [-0.15, -0.1) is 0 Å². The zero-order chi connectivity index (χ0) is 22.5. The van der Waals surface area contributed by atoms with Crippen LogP contribution in [0.5, 0.6) is 5.75 Å². The highest BCUT2D eigenvalue weighted by molar-refractivity contribution is 7.52. The van der Waals surface area contributed by atoms with Gasteiger partial charge in [-0.05, 0) is 58.3 Å². The fourth-order valence-corrected chi connectivity index (χ4v) is 3.85. The van der Waals surface area contributed by atoms with Crippen molar-refractivity contribution < 1.29 is 19.5 Å². The van der Waals surface area contributed by atoms with Gasteiger partial charge in [-0.2, -0.15) is 0 Å². The number of phenolic OH excluding ortho intramolecular Hbond substituents is 1. The van der Waals surface area contributed by atoms with Crippen LogP contribution in [0.1, 0.15) is 70.9 Å². The topological polar surface area (TPSA) is 103 Å². The van der Waals surface area contributed by atoms with Gasteiger partial charge >= 0.3 is 7.60 Å². The Hall–Kier alpha value is -1.72. The number of pyridine rings is 1. The van der Waals surface area contributed by atoms with Crippen LogP contribution in [0, 0.1) is 0 Å². The van der Waals surface area contributed by atoms with Crippen molar-refractivity contribution in [2.75, 3.05) is 6.54 Å². The average molecular weight is 423 g/mol. The summed E-state index contributed by atoms with van der Waals surface area (Å²) in [4.78, 5) is 23.2. The normalized spacial score (nSPS) is 13.4. The van der Waals surface area contributed by atoms with E-state index in [1.807, 2.05) is 59.7 Å². The summed E-state index contributed by atoms with van der Waals surface area (Å²) < 4.78 is 11.9. The fraction of sp³-hybridized carbons (Fsp3) is 0.500. The van der Waals surface area contributed by atoms with Crippen molar-refractivity contribution in [3.8, 4) is 5.75 Å². The molecule has 0 saturated heterocycles. The van der Waals surface area contributed by atoms with Crippen LogP contribution >= 0.6 is 7.60 Å². The van der Waals surface area contributed by atoms with Crippen molar-refractivity contribution in [3.05, 3.63) is 59.4 Å². The smallest absolute Gasteiger partial charge is 0.346 e. The monoisotopic (exact) mass is 422 g/mol. The lowest BCUT2D eigenvalue weighted by molar-refractivity contribution is 0.348. The summed E-state index contributed by atoms with van der Waals surface area (Å²) in [5.41, 5.74) is 1.21. The van der Waals surface area contributed by atoms with Gasteiger partial charge in [-0.25, -0.2) is 0 Å². The van der Waals surface area contributed by atoms with Gasteiger partial charge in [-0.1, -0.05) is 54.5 Å². The Labute approximate surface area is 174 Å². The molecule has 7 heteroatoms. The van der Waals surface area contributed by atoms with E-state index in [2.05, 4.69) is 10.3 Å². The molecule has 1 aromatic carbocycles. The predicted molar refractivity (Wildman–Crippen MR) is 118 cm³/mol. The second-order valence-electron chi connectivity index (χ2n) is 9.04. The zero-order valence-corrected chi connectivity index (χ0v) is 19.4. The minimum atomic E-state index is -4.37. The van der Waals surface area contributed by atoms with Gasteiger partial charge in [0.1, 0.15) is 11.5 Å². The molecule has 4 N–H and O–H groups in total. The molecule has 2 aromatic rings. The average Bonchev–Trinajstić information content (AvgIpc) is 2.59. The first kappa shape index (κ1) is 25.3. The van der Waals surface area contributed by atoms with Gasteiger partial charge in [0, 0.05) is 12.4 Å². The number of aromatic nitrogens is 1. The molecule has 0 radical (unpaired) electrons. The minimum absolute atomic E-state index is 0.203. The van der Waals surface area contributed by atoms with E-state index in [4.69, 9.17) is 0 Å². The molecule has 0 spiro atoms. The van der Waals surface area contributed by atoms with Crippen LogP contribution in [0.4, 0.5) is 0 Å². The summed E-state index contributed by atoms with van der Waals surface area (Å²) in [5.74, 6) is -0.870. The van der Waals surface area contributed by atoms with Crippen LogP contribution in [0.2, 0.25) is 0 Å². The highest BCUT2D eigenvalue weighted by Crippen LogP contribution is 2.52. The van der Waals surface area contributed by atoms with Gasteiger partial charge in [0.2, 0.25) is 0 Å². The fourth-order valence-electron chi connectivity index (χ4n) is 2.90. The first-order valence-corrected chi connectivity index (χ1v) is 11.4. The number of hydrogen-bond donors (Lipinski definition) is 4. The number of benzene rings is 1. The molecule has 0 fully saturated rings.